The zero-order valence-electron chi connectivity index (χ0n) is 10.5. The topological polar surface area (TPSA) is 97.2 Å². The van der Waals surface area contributed by atoms with E-state index in [2.05, 4.69) is 15.6 Å². The molecule has 7 heteroatoms. The number of nitro benzene ring substituents is 1. The molecule has 1 fully saturated rings. The Morgan fingerprint density at radius 3 is 2.90 bits per heavy atom. The molecule has 0 spiro atoms. The molecule has 1 atom stereocenters. The lowest BCUT2D eigenvalue weighted by Gasteiger charge is -2.14. The number of hydrogen-bond donors (Lipinski definition) is 2. The first-order valence-electron chi connectivity index (χ1n) is 6.19. The van der Waals surface area contributed by atoms with Crippen LogP contribution in [0.25, 0.3) is 10.8 Å². The average Bonchev–Trinajstić information content (AvgIpc) is 2.84. The lowest BCUT2D eigenvalue weighted by Crippen LogP contribution is -2.22. The van der Waals surface area contributed by atoms with Gasteiger partial charge in [-0.2, -0.15) is 0 Å². The summed E-state index contributed by atoms with van der Waals surface area (Å²) < 4.78 is 0. The monoisotopic (exact) mass is 272 g/mol. The highest BCUT2D eigenvalue weighted by Crippen LogP contribution is 2.31. The van der Waals surface area contributed by atoms with Gasteiger partial charge in [0, 0.05) is 42.5 Å². The van der Waals surface area contributed by atoms with Crippen molar-refractivity contribution >= 4 is 28.1 Å². The van der Waals surface area contributed by atoms with E-state index in [1.165, 1.54) is 12.3 Å². The maximum atomic E-state index is 11.2. The third kappa shape index (κ3) is 2.13. The zero-order valence-corrected chi connectivity index (χ0v) is 10.5. The highest BCUT2D eigenvalue weighted by Gasteiger charge is 2.22. The summed E-state index contributed by atoms with van der Waals surface area (Å²) in [6, 6.07) is 4.74. The van der Waals surface area contributed by atoms with Crippen LogP contribution < -0.4 is 10.6 Å². The molecule has 1 aromatic heterocycles. The second kappa shape index (κ2) is 4.76. The van der Waals surface area contributed by atoms with Gasteiger partial charge in [0.05, 0.1) is 16.4 Å². The van der Waals surface area contributed by atoms with Crippen molar-refractivity contribution < 1.29 is 9.72 Å². The van der Waals surface area contributed by atoms with Crippen molar-refractivity contribution in [1.82, 2.24) is 10.3 Å². The van der Waals surface area contributed by atoms with Gasteiger partial charge in [0.2, 0.25) is 5.91 Å². The molecule has 1 aliphatic rings. The predicted molar refractivity (Wildman–Crippen MR) is 73.4 cm³/mol. The number of nitrogens with zero attached hydrogens (tertiary/aromatic N) is 2. The Morgan fingerprint density at radius 1 is 1.35 bits per heavy atom. The number of carbonyl (C=O) groups excluding carboxylic acids is 1. The van der Waals surface area contributed by atoms with E-state index in [0.29, 0.717) is 23.7 Å². The summed E-state index contributed by atoms with van der Waals surface area (Å²) in [5.74, 6) is 0.00634. The Hall–Kier alpha value is -2.70. The molecule has 102 valence electrons. The predicted octanol–water partition coefficient (Wildman–Crippen LogP) is 1.44. The number of benzene rings is 1. The molecule has 2 N–H and O–H groups in total. The van der Waals surface area contributed by atoms with E-state index in [1.54, 1.807) is 18.3 Å². The van der Waals surface area contributed by atoms with E-state index in [-0.39, 0.29) is 17.6 Å². The summed E-state index contributed by atoms with van der Waals surface area (Å²) in [6.45, 7) is 0.553. The van der Waals surface area contributed by atoms with Crippen LogP contribution in [0.1, 0.15) is 6.42 Å². The van der Waals surface area contributed by atoms with E-state index < -0.39 is 4.92 Å². The molecule has 7 nitrogen and oxygen atoms in total. The normalized spacial score (nSPS) is 18.0. The molecular formula is C13H12N4O3. The van der Waals surface area contributed by atoms with Gasteiger partial charge in [0.1, 0.15) is 0 Å². The van der Waals surface area contributed by atoms with Crippen LogP contribution >= 0.6 is 0 Å². The number of anilines is 1. The van der Waals surface area contributed by atoms with Crippen molar-refractivity contribution in [2.75, 3.05) is 11.9 Å². The average molecular weight is 272 g/mol. The second-order valence-corrected chi connectivity index (χ2v) is 4.66. The summed E-state index contributed by atoms with van der Waals surface area (Å²) in [7, 11) is 0. The first kappa shape index (κ1) is 12.3. The number of amides is 1. The summed E-state index contributed by atoms with van der Waals surface area (Å²) >= 11 is 0. The molecule has 2 aromatic rings. The fourth-order valence-corrected chi connectivity index (χ4v) is 2.39. The molecule has 0 aliphatic carbocycles. The van der Waals surface area contributed by atoms with E-state index >= 15 is 0 Å². The van der Waals surface area contributed by atoms with Gasteiger partial charge in [-0.1, -0.05) is 0 Å². The highest BCUT2D eigenvalue weighted by atomic mass is 16.6. The summed E-state index contributed by atoms with van der Waals surface area (Å²) in [5.41, 5.74) is 0.800. The second-order valence-electron chi connectivity index (χ2n) is 4.66. The Balaban J connectivity index is 2.02. The quantitative estimate of drug-likeness (QED) is 0.651. The fourth-order valence-electron chi connectivity index (χ4n) is 2.39. The maximum Gasteiger partial charge on any atom is 0.277 e. The summed E-state index contributed by atoms with van der Waals surface area (Å²) in [4.78, 5) is 25.8. The molecule has 1 saturated heterocycles. The van der Waals surface area contributed by atoms with Crippen molar-refractivity contribution in [1.29, 1.82) is 0 Å². The number of carbonyl (C=O) groups is 1. The van der Waals surface area contributed by atoms with Crippen molar-refractivity contribution in [3.05, 3.63) is 40.7 Å². The SMILES string of the molecule is O=C1CC(Nc2ccc([N+](=O)[O-])c3ccncc23)CN1. The highest BCUT2D eigenvalue weighted by molar-refractivity contribution is 5.99. The zero-order chi connectivity index (χ0) is 14.1. The minimum absolute atomic E-state index is 0.00634. The molecule has 20 heavy (non-hydrogen) atoms. The smallest absolute Gasteiger partial charge is 0.277 e. The molecule has 2 heterocycles. The molecule has 0 radical (unpaired) electrons. The summed E-state index contributed by atoms with van der Waals surface area (Å²) in [6.07, 6.45) is 3.52. The number of nitrogens with one attached hydrogen (secondary N) is 2. The Morgan fingerprint density at radius 2 is 2.20 bits per heavy atom. The molecule has 1 aliphatic heterocycles. The minimum atomic E-state index is -0.410. The Bertz CT molecular complexity index is 701. The Labute approximate surface area is 114 Å². The largest absolute Gasteiger partial charge is 0.379 e. The Kier molecular flexibility index (Phi) is 2.94. The van der Waals surface area contributed by atoms with E-state index in [9.17, 15) is 14.9 Å². The van der Waals surface area contributed by atoms with E-state index in [1.807, 2.05) is 0 Å². The standard InChI is InChI=1S/C13H12N4O3/c18-13-5-8(6-15-13)16-11-1-2-12(17(19)20)9-3-4-14-7-10(9)11/h1-4,7-8,16H,5-6H2,(H,15,18). The number of non-ortho nitro benzene ring substituents is 1. The third-order valence-electron chi connectivity index (χ3n) is 3.33. The van der Waals surface area contributed by atoms with Gasteiger partial charge in [-0.15, -0.1) is 0 Å². The van der Waals surface area contributed by atoms with E-state index in [4.69, 9.17) is 0 Å². The van der Waals surface area contributed by atoms with Crippen LogP contribution in [-0.4, -0.2) is 28.4 Å². The number of rotatable bonds is 3. The lowest BCUT2D eigenvalue weighted by molar-refractivity contribution is -0.383. The fraction of sp³-hybridized carbons (Fsp3) is 0.231. The van der Waals surface area contributed by atoms with Crippen LogP contribution in [0, 0.1) is 10.1 Å². The number of nitro groups is 1. The molecule has 3 rings (SSSR count). The molecule has 1 amide bonds. The maximum absolute atomic E-state index is 11.2. The minimum Gasteiger partial charge on any atom is -0.379 e. The number of fused-ring (bicyclic) bond motifs is 1. The molecule has 0 saturated carbocycles. The van der Waals surface area contributed by atoms with Crippen LogP contribution in [-0.2, 0) is 4.79 Å². The molecule has 0 bridgehead atoms. The van der Waals surface area contributed by atoms with Crippen LogP contribution in [0.5, 0.6) is 0 Å². The molecular weight excluding hydrogens is 260 g/mol. The van der Waals surface area contributed by atoms with Crippen molar-refractivity contribution in [3.63, 3.8) is 0 Å². The van der Waals surface area contributed by atoms with Crippen LogP contribution in [0.3, 0.4) is 0 Å². The van der Waals surface area contributed by atoms with Crippen LogP contribution in [0.4, 0.5) is 11.4 Å². The first-order valence-corrected chi connectivity index (χ1v) is 6.19. The number of pyridine rings is 1. The van der Waals surface area contributed by atoms with Gasteiger partial charge < -0.3 is 10.6 Å². The van der Waals surface area contributed by atoms with Gasteiger partial charge >= 0.3 is 0 Å². The van der Waals surface area contributed by atoms with Crippen LogP contribution in [0.15, 0.2) is 30.6 Å². The van der Waals surface area contributed by atoms with Crippen LogP contribution in [0.2, 0.25) is 0 Å². The molecule has 1 unspecified atom stereocenters. The van der Waals surface area contributed by atoms with E-state index in [0.717, 1.165) is 5.69 Å². The van der Waals surface area contributed by atoms with Gasteiger partial charge in [-0.05, 0) is 12.1 Å². The molecule has 1 aromatic carbocycles. The van der Waals surface area contributed by atoms with Gasteiger partial charge in [-0.25, -0.2) is 0 Å². The van der Waals surface area contributed by atoms with Gasteiger partial charge in [-0.3, -0.25) is 19.9 Å². The summed E-state index contributed by atoms with van der Waals surface area (Å²) in [5, 5.41) is 18.2. The van der Waals surface area contributed by atoms with Gasteiger partial charge in [0.25, 0.3) is 5.69 Å². The lowest BCUT2D eigenvalue weighted by atomic mass is 10.1. The van der Waals surface area contributed by atoms with Crippen molar-refractivity contribution in [3.8, 4) is 0 Å². The third-order valence-corrected chi connectivity index (χ3v) is 3.33. The van der Waals surface area contributed by atoms with Gasteiger partial charge in [0.15, 0.2) is 0 Å². The number of aromatic nitrogens is 1. The number of hydrogen-bond acceptors (Lipinski definition) is 5. The first-order chi connectivity index (χ1) is 9.65. The van der Waals surface area contributed by atoms with Crippen molar-refractivity contribution in [2.24, 2.45) is 0 Å². The van der Waals surface area contributed by atoms with Crippen molar-refractivity contribution in [2.45, 2.75) is 12.5 Å².